The molecule has 0 heterocycles. The molecule has 1 saturated carbocycles. The largest absolute Gasteiger partial charge is 0.573 e. The normalized spacial score (nSPS) is 18.8. The van der Waals surface area contributed by atoms with Gasteiger partial charge in [0.1, 0.15) is 11.5 Å². The standard InChI is InChI=1S/C20H19F3O4/c1-26-18-9-8-15(27-20(21,22)23)11-16(18)13-5-2-12(3-6-13)4-7-14-10-17(14)19(24)25/h2-3,5-6,8-9,11,14,17H,4,7,10H2,1H3,(H,24,25)/t14-,17-/m1/s1. The highest BCUT2D eigenvalue weighted by molar-refractivity contribution is 5.73. The molecule has 0 bridgehead atoms. The Morgan fingerprint density at radius 2 is 1.89 bits per heavy atom. The Bertz CT molecular complexity index is 815. The molecule has 1 aliphatic rings. The van der Waals surface area contributed by atoms with Crippen LogP contribution in [0.15, 0.2) is 42.5 Å². The van der Waals surface area contributed by atoms with Crippen LogP contribution >= 0.6 is 0 Å². The minimum Gasteiger partial charge on any atom is -0.496 e. The molecule has 2 atom stereocenters. The number of methoxy groups -OCH3 is 1. The fraction of sp³-hybridized carbons (Fsp3) is 0.350. The molecule has 4 nitrogen and oxygen atoms in total. The van der Waals surface area contributed by atoms with E-state index in [-0.39, 0.29) is 17.6 Å². The van der Waals surface area contributed by atoms with Crippen LogP contribution in [-0.2, 0) is 11.2 Å². The van der Waals surface area contributed by atoms with Gasteiger partial charge in [-0.15, -0.1) is 13.2 Å². The number of carbonyl (C=O) groups is 1. The van der Waals surface area contributed by atoms with E-state index in [2.05, 4.69) is 4.74 Å². The van der Waals surface area contributed by atoms with Crippen LogP contribution in [0, 0.1) is 11.8 Å². The van der Waals surface area contributed by atoms with Gasteiger partial charge in [-0.1, -0.05) is 24.3 Å². The lowest BCUT2D eigenvalue weighted by Gasteiger charge is -2.13. The number of aryl methyl sites for hydroxylation is 1. The molecule has 144 valence electrons. The number of carboxylic acids is 1. The summed E-state index contributed by atoms with van der Waals surface area (Å²) in [6.07, 6.45) is -2.44. The van der Waals surface area contributed by atoms with Gasteiger partial charge in [0.05, 0.1) is 13.0 Å². The van der Waals surface area contributed by atoms with E-state index < -0.39 is 12.3 Å². The van der Waals surface area contributed by atoms with Gasteiger partial charge in [0, 0.05) is 5.56 Å². The summed E-state index contributed by atoms with van der Waals surface area (Å²) in [5.41, 5.74) is 2.26. The Hall–Kier alpha value is -2.70. The zero-order valence-electron chi connectivity index (χ0n) is 14.6. The van der Waals surface area contributed by atoms with Crippen LogP contribution < -0.4 is 9.47 Å². The van der Waals surface area contributed by atoms with Gasteiger partial charge in [-0.2, -0.15) is 0 Å². The summed E-state index contributed by atoms with van der Waals surface area (Å²) < 4.78 is 46.6. The molecule has 0 spiro atoms. The van der Waals surface area contributed by atoms with Crippen molar-refractivity contribution in [1.29, 1.82) is 0 Å². The van der Waals surface area contributed by atoms with Gasteiger partial charge in [-0.3, -0.25) is 4.79 Å². The van der Waals surface area contributed by atoms with Crippen molar-refractivity contribution in [3.63, 3.8) is 0 Å². The first-order valence-electron chi connectivity index (χ1n) is 8.53. The Labute approximate surface area is 154 Å². The van der Waals surface area contributed by atoms with E-state index in [1.54, 1.807) is 0 Å². The molecule has 0 aliphatic heterocycles. The number of ether oxygens (including phenoxy) is 2. The van der Waals surface area contributed by atoms with Crippen molar-refractivity contribution in [2.24, 2.45) is 11.8 Å². The monoisotopic (exact) mass is 380 g/mol. The Kier molecular flexibility index (Phi) is 5.30. The number of rotatable bonds is 7. The smallest absolute Gasteiger partial charge is 0.496 e. The minimum absolute atomic E-state index is 0.218. The van der Waals surface area contributed by atoms with Crippen molar-refractivity contribution in [3.8, 4) is 22.6 Å². The fourth-order valence-electron chi connectivity index (χ4n) is 3.18. The van der Waals surface area contributed by atoms with Crippen LogP contribution in [-0.4, -0.2) is 24.5 Å². The second-order valence-corrected chi connectivity index (χ2v) is 6.59. The first kappa shape index (κ1) is 19.1. The SMILES string of the molecule is COc1ccc(OC(F)(F)F)cc1-c1ccc(CC[C@@H]2C[C@H]2C(=O)O)cc1. The highest BCUT2D eigenvalue weighted by Crippen LogP contribution is 2.42. The number of benzene rings is 2. The van der Waals surface area contributed by atoms with Gasteiger partial charge in [-0.05, 0) is 54.5 Å². The van der Waals surface area contributed by atoms with Crippen molar-refractivity contribution < 1.29 is 32.5 Å². The molecule has 1 aliphatic carbocycles. The lowest BCUT2D eigenvalue weighted by atomic mass is 10.00. The summed E-state index contributed by atoms with van der Waals surface area (Å²) in [5.74, 6) is -0.581. The molecule has 1 fully saturated rings. The van der Waals surface area contributed by atoms with Gasteiger partial charge in [0.15, 0.2) is 0 Å². The van der Waals surface area contributed by atoms with Crippen LogP contribution in [0.1, 0.15) is 18.4 Å². The highest BCUT2D eigenvalue weighted by atomic mass is 19.4. The first-order chi connectivity index (χ1) is 12.8. The predicted molar refractivity (Wildman–Crippen MR) is 92.7 cm³/mol. The molecule has 0 amide bonds. The first-order valence-corrected chi connectivity index (χ1v) is 8.53. The van der Waals surface area contributed by atoms with Crippen LogP contribution in [0.4, 0.5) is 13.2 Å². The topological polar surface area (TPSA) is 55.8 Å². The number of halogens is 3. The van der Waals surface area contributed by atoms with Crippen molar-refractivity contribution in [3.05, 3.63) is 48.0 Å². The molecule has 0 radical (unpaired) electrons. The maximum absolute atomic E-state index is 12.5. The number of hydrogen-bond acceptors (Lipinski definition) is 3. The molecule has 7 heteroatoms. The molecule has 1 N–H and O–H groups in total. The zero-order valence-corrected chi connectivity index (χ0v) is 14.6. The van der Waals surface area contributed by atoms with E-state index in [1.807, 2.05) is 24.3 Å². The lowest BCUT2D eigenvalue weighted by Crippen LogP contribution is -2.17. The van der Waals surface area contributed by atoms with Gasteiger partial charge in [0.25, 0.3) is 0 Å². The van der Waals surface area contributed by atoms with Crippen LogP contribution in [0.2, 0.25) is 0 Å². The van der Waals surface area contributed by atoms with Crippen molar-refractivity contribution in [1.82, 2.24) is 0 Å². The molecule has 2 aromatic carbocycles. The van der Waals surface area contributed by atoms with E-state index in [0.29, 0.717) is 16.9 Å². The average molecular weight is 380 g/mol. The Morgan fingerprint density at radius 1 is 1.19 bits per heavy atom. The molecular weight excluding hydrogens is 361 g/mol. The number of aliphatic carboxylic acids is 1. The van der Waals surface area contributed by atoms with Gasteiger partial charge in [0.2, 0.25) is 0 Å². The molecule has 0 saturated heterocycles. The highest BCUT2D eigenvalue weighted by Gasteiger charge is 2.42. The summed E-state index contributed by atoms with van der Waals surface area (Å²) in [6, 6.07) is 11.3. The Morgan fingerprint density at radius 3 is 2.44 bits per heavy atom. The van der Waals surface area contributed by atoms with E-state index in [0.717, 1.165) is 24.8 Å². The summed E-state index contributed by atoms with van der Waals surface area (Å²) in [5, 5.41) is 8.93. The van der Waals surface area contributed by atoms with Crippen molar-refractivity contribution >= 4 is 5.97 Å². The number of carboxylic acid groups (broad SMARTS) is 1. The molecule has 0 unspecified atom stereocenters. The summed E-state index contributed by atoms with van der Waals surface area (Å²) in [4.78, 5) is 10.9. The third-order valence-electron chi connectivity index (χ3n) is 4.71. The lowest BCUT2D eigenvalue weighted by molar-refractivity contribution is -0.274. The minimum atomic E-state index is -4.76. The van der Waals surface area contributed by atoms with E-state index >= 15 is 0 Å². The van der Waals surface area contributed by atoms with E-state index in [4.69, 9.17) is 9.84 Å². The average Bonchev–Trinajstić information content (AvgIpc) is 3.39. The number of alkyl halides is 3. The van der Waals surface area contributed by atoms with Crippen LogP contribution in [0.5, 0.6) is 11.5 Å². The van der Waals surface area contributed by atoms with Gasteiger partial charge in [-0.25, -0.2) is 0 Å². The second kappa shape index (κ2) is 7.50. The molecule has 27 heavy (non-hydrogen) atoms. The van der Waals surface area contributed by atoms with Crippen LogP contribution in [0.25, 0.3) is 11.1 Å². The fourth-order valence-corrected chi connectivity index (χ4v) is 3.18. The predicted octanol–water partition coefficient (Wildman–Crippen LogP) is 4.91. The van der Waals surface area contributed by atoms with Crippen molar-refractivity contribution in [2.45, 2.75) is 25.6 Å². The quantitative estimate of drug-likeness (QED) is 0.741. The maximum Gasteiger partial charge on any atom is 0.573 e. The van der Waals surface area contributed by atoms with Gasteiger partial charge < -0.3 is 14.6 Å². The zero-order chi connectivity index (χ0) is 19.6. The molecule has 0 aromatic heterocycles. The van der Waals surface area contributed by atoms with Crippen molar-refractivity contribution in [2.75, 3.05) is 7.11 Å². The molecule has 2 aromatic rings. The maximum atomic E-state index is 12.5. The Balaban J connectivity index is 1.72. The second-order valence-electron chi connectivity index (χ2n) is 6.59. The summed E-state index contributed by atoms with van der Waals surface area (Å²) in [6.45, 7) is 0. The third-order valence-corrected chi connectivity index (χ3v) is 4.71. The summed E-state index contributed by atoms with van der Waals surface area (Å²) >= 11 is 0. The third kappa shape index (κ3) is 4.93. The molecular formula is C20H19F3O4. The van der Waals surface area contributed by atoms with E-state index in [9.17, 15) is 18.0 Å². The van der Waals surface area contributed by atoms with Gasteiger partial charge >= 0.3 is 12.3 Å². The van der Waals surface area contributed by atoms with E-state index in [1.165, 1.54) is 25.3 Å². The summed E-state index contributed by atoms with van der Waals surface area (Å²) in [7, 11) is 1.45. The number of hydrogen-bond donors (Lipinski definition) is 1. The molecule has 3 rings (SSSR count). The van der Waals surface area contributed by atoms with Crippen LogP contribution in [0.3, 0.4) is 0 Å².